The molecule has 2 atom stereocenters. The molecule has 2 amide bonds. The third-order valence-electron chi connectivity index (χ3n) is 5.16. The molecule has 0 bridgehead atoms. The maximum Gasteiger partial charge on any atom is 0.249 e. The zero-order valence-electron chi connectivity index (χ0n) is 17.0. The minimum Gasteiger partial charge on any atom is -0.386 e. The summed E-state index contributed by atoms with van der Waals surface area (Å²) in [6, 6.07) is 6.62. The van der Waals surface area contributed by atoms with Crippen molar-refractivity contribution < 1.29 is 24.2 Å². The number of aliphatic hydroxyl groups excluding tert-OH is 1. The molecule has 0 radical (unpaired) electrons. The van der Waals surface area contributed by atoms with Crippen LogP contribution in [0.5, 0.6) is 0 Å². The Morgan fingerprint density at radius 2 is 1.96 bits per heavy atom. The second-order valence-electron chi connectivity index (χ2n) is 6.94. The molecule has 0 saturated carbocycles. The number of benzene rings is 1. The fraction of sp³-hybridized carbons (Fsp3) is 0.619. The largest absolute Gasteiger partial charge is 0.386 e. The van der Waals surface area contributed by atoms with E-state index in [9.17, 15) is 14.7 Å². The number of nitrogens with one attached hydrogen (secondary N) is 1. The van der Waals surface area contributed by atoms with Gasteiger partial charge in [-0.05, 0) is 37.5 Å². The average Bonchev–Trinajstić information content (AvgIpc) is 2.70. The van der Waals surface area contributed by atoms with Gasteiger partial charge in [0.25, 0.3) is 0 Å². The van der Waals surface area contributed by atoms with Crippen LogP contribution in [-0.2, 0) is 19.1 Å². The number of ether oxygens (including phenoxy) is 2. The Kier molecular flexibility index (Phi) is 8.89. The lowest BCUT2D eigenvalue weighted by Crippen LogP contribution is -2.53. The summed E-state index contributed by atoms with van der Waals surface area (Å²) in [7, 11) is 0. The van der Waals surface area contributed by atoms with E-state index in [4.69, 9.17) is 9.47 Å². The van der Waals surface area contributed by atoms with Crippen molar-refractivity contribution >= 4 is 17.5 Å². The zero-order chi connectivity index (χ0) is 20.5. The van der Waals surface area contributed by atoms with Crippen molar-refractivity contribution in [2.45, 2.75) is 45.8 Å². The molecule has 2 rings (SSSR count). The highest BCUT2D eigenvalue weighted by molar-refractivity contribution is 5.92. The number of nitrogens with zero attached hydrogens (tertiary/aromatic N) is 1. The van der Waals surface area contributed by atoms with Crippen molar-refractivity contribution in [3.8, 4) is 0 Å². The van der Waals surface area contributed by atoms with E-state index in [-0.39, 0.29) is 30.9 Å². The summed E-state index contributed by atoms with van der Waals surface area (Å²) in [5.74, 6) is -0.148. The molecule has 0 spiro atoms. The third kappa shape index (κ3) is 5.77. The smallest absolute Gasteiger partial charge is 0.249 e. The van der Waals surface area contributed by atoms with E-state index in [0.29, 0.717) is 31.0 Å². The van der Waals surface area contributed by atoms with Gasteiger partial charge in [0, 0.05) is 24.8 Å². The SMILES string of the molecule is CCOCCN1C(=O)COC[C@@H]1[C@H](O)c1ccc(NC(=O)C(CC)CC)cc1. The number of hydrogen-bond donors (Lipinski definition) is 2. The van der Waals surface area contributed by atoms with E-state index in [1.54, 1.807) is 29.2 Å². The molecule has 7 nitrogen and oxygen atoms in total. The molecule has 0 aliphatic carbocycles. The topological polar surface area (TPSA) is 88.1 Å². The first-order valence-electron chi connectivity index (χ1n) is 10.1. The molecule has 1 aromatic carbocycles. The molecule has 2 N–H and O–H groups in total. The Balaban J connectivity index is 2.04. The molecule has 1 aliphatic heterocycles. The standard InChI is InChI=1S/C21H32N2O5/c1-4-15(5-2)21(26)22-17-9-7-16(8-10-17)20(25)18-13-28-14-19(24)23(18)11-12-27-6-3/h7-10,15,18,20,25H,4-6,11-14H2,1-3H3,(H,22,26)/t18-,20-/m1/s1. The van der Waals surface area contributed by atoms with Gasteiger partial charge in [0.2, 0.25) is 11.8 Å². The van der Waals surface area contributed by atoms with Crippen molar-refractivity contribution in [1.29, 1.82) is 0 Å². The number of carbonyl (C=O) groups excluding carboxylic acids is 2. The van der Waals surface area contributed by atoms with E-state index in [2.05, 4.69) is 5.32 Å². The van der Waals surface area contributed by atoms with E-state index >= 15 is 0 Å². The summed E-state index contributed by atoms with van der Waals surface area (Å²) in [5, 5.41) is 13.7. The van der Waals surface area contributed by atoms with Crippen molar-refractivity contribution in [1.82, 2.24) is 4.90 Å². The fourth-order valence-electron chi connectivity index (χ4n) is 3.37. The Labute approximate surface area is 167 Å². The van der Waals surface area contributed by atoms with Crippen molar-refractivity contribution in [3.63, 3.8) is 0 Å². The van der Waals surface area contributed by atoms with Gasteiger partial charge >= 0.3 is 0 Å². The lowest BCUT2D eigenvalue weighted by atomic mass is 9.99. The summed E-state index contributed by atoms with van der Waals surface area (Å²) in [4.78, 5) is 26.1. The van der Waals surface area contributed by atoms with Gasteiger partial charge in [-0.2, -0.15) is 0 Å². The Morgan fingerprint density at radius 3 is 2.57 bits per heavy atom. The molecule has 156 valence electrons. The highest BCUT2D eigenvalue weighted by Crippen LogP contribution is 2.25. The van der Waals surface area contributed by atoms with Crippen LogP contribution in [0.1, 0.15) is 45.3 Å². The van der Waals surface area contributed by atoms with Crippen LogP contribution in [0.15, 0.2) is 24.3 Å². The predicted molar refractivity (Wildman–Crippen MR) is 107 cm³/mol. The maximum absolute atomic E-state index is 12.2. The molecule has 1 aliphatic rings. The number of rotatable bonds is 10. The fourth-order valence-corrected chi connectivity index (χ4v) is 3.37. The highest BCUT2D eigenvalue weighted by Gasteiger charge is 2.34. The van der Waals surface area contributed by atoms with Crippen LogP contribution >= 0.6 is 0 Å². The van der Waals surface area contributed by atoms with Crippen molar-refractivity contribution in [3.05, 3.63) is 29.8 Å². The molecular formula is C21H32N2O5. The molecule has 28 heavy (non-hydrogen) atoms. The monoisotopic (exact) mass is 392 g/mol. The third-order valence-corrected chi connectivity index (χ3v) is 5.16. The lowest BCUT2D eigenvalue weighted by molar-refractivity contribution is -0.155. The van der Waals surface area contributed by atoms with E-state index < -0.39 is 12.1 Å². The molecule has 1 aromatic rings. The Hall–Kier alpha value is -1.96. The van der Waals surface area contributed by atoms with Gasteiger partial charge in [0.1, 0.15) is 12.7 Å². The van der Waals surface area contributed by atoms with Crippen molar-refractivity contribution in [2.24, 2.45) is 5.92 Å². The van der Waals surface area contributed by atoms with Crippen LogP contribution in [0, 0.1) is 5.92 Å². The van der Waals surface area contributed by atoms with Crippen LogP contribution < -0.4 is 5.32 Å². The average molecular weight is 392 g/mol. The van der Waals surface area contributed by atoms with Crippen LogP contribution in [0.4, 0.5) is 5.69 Å². The number of morpholine rings is 1. The van der Waals surface area contributed by atoms with Gasteiger partial charge in [0.15, 0.2) is 0 Å². The van der Waals surface area contributed by atoms with E-state index in [1.807, 2.05) is 20.8 Å². The first-order valence-corrected chi connectivity index (χ1v) is 10.1. The van der Waals surface area contributed by atoms with Gasteiger partial charge in [-0.3, -0.25) is 9.59 Å². The second kappa shape index (κ2) is 11.1. The number of anilines is 1. The van der Waals surface area contributed by atoms with Crippen LogP contribution in [0.2, 0.25) is 0 Å². The number of amides is 2. The van der Waals surface area contributed by atoms with Crippen LogP contribution in [-0.4, -0.2) is 60.8 Å². The number of hydrogen-bond acceptors (Lipinski definition) is 5. The maximum atomic E-state index is 12.2. The molecule has 0 unspecified atom stereocenters. The van der Waals surface area contributed by atoms with Gasteiger partial charge in [-0.25, -0.2) is 0 Å². The Bertz CT molecular complexity index is 630. The van der Waals surface area contributed by atoms with Crippen molar-refractivity contribution in [2.75, 3.05) is 38.3 Å². The van der Waals surface area contributed by atoms with E-state index in [0.717, 1.165) is 12.8 Å². The molecule has 1 fully saturated rings. The molecule has 7 heteroatoms. The zero-order valence-corrected chi connectivity index (χ0v) is 17.0. The predicted octanol–water partition coefficient (Wildman–Crippen LogP) is 2.36. The number of carbonyl (C=O) groups is 2. The molecule has 1 saturated heterocycles. The first-order chi connectivity index (χ1) is 13.5. The summed E-state index contributed by atoms with van der Waals surface area (Å²) in [6.45, 7) is 7.61. The molecular weight excluding hydrogens is 360 g/mol. The molecule has 0 aromatic heterocycles. The van der Waals surface area contributed by atoms with Gasteiger partial charge in [-0.1, -0.05) is 26.0 Å². The quantitative estimate of drug-likeness (QED) is 0.597. The minimum atomic E-state index is -0.880. The highest BCUT2D eigenvalue weighted by atomic mass is 16.5. The summed E-state index contributed by atoms with van der Waals surface area (Å²) in [6.07, 6.45) is 0.716. The first kappa shape index (κ1) is 22.3. The van der Waals surface area contributed by atoms with Gasteiger partial charge in [0.05, 0.1) is 19.3 Å². The van der Waals surface area contributed by atoms with Crippen LogP contribution in [0.25, 0.3) is 0 Å². The van der Waals surface area contributed by atoms with E-state index in [1.165, 1.54) is 0 Å². The minimum absolute atomic E-state index is 0.00503. The molecule has 1 heterocycles. The normalized spacial score (nSPS) is 18.4. The summed E-state index contributed by atoms with van der Waals surface area (Å²) < 4.78 is 10.7. The van der Waals surface area contributed by atoms with Gasteiger partial charge in [-0.15, -0.1) is 0 Å². The van der Waals surface area contributed by atoms with Crippen LogP contribution in [0.3, 0.4) is 0 Å². The lowest BCUT2D eigenvalue weighted by Gasteiger charge is -2.38. The summed E-state index contributed by atoms with van der Waals surface area (Å²) >= 11 is 0. The second-order valence-corrected chi connectivity index (χ2v) is 6.94. The Morgan fingerprint density at radius 1 is 1.29 bits per heavy atom. The van der Waals surface area contributed by atoms with Gasteiger partial charge < -0.3 is 24.8 Å². The number of aliphatic hydroxyl groups is 1. The summed E-state index contributed by atoms with van der Waals surface area (Å²) in [5.41, 5.74) is 1.36.